The molecule has 6 aromatic carbocycles. The van der Waals surface area contributed by atoms with Gasteiger partial charge in [0.2, 0.25) is 0 Å². The summed E-state index contributed by atoms with van der Waals surface area (Å²) in [6, 6.07) is 14.8. The zero-order valence-corrected chi connectivity index (χ0v) is 32.8. The van der Waals surface area contributed by atoms with Gasteiger partial charge in [-0.15, -0.1) is 0 Å². The van der Waals surface area contributed by atoms with Crippen LogP contribution < -0.4 is 9.47 Å². The van der Waals surface area contributed by atoms with Crippen LogP contribution in [0.1, 0.15) is 68.2 Å². The number of halogens is 12. The highest BCUT2D eigenvalue weighted by Gasteiger charge is 2.18. The van der Waals surface area contributed by atoms with Crippen LogP contribution >= 0.6 is 0 Å². The molecule has 322 valence electrons. The van der Waals surface area contributed by atoms with Crippen LogP contribution in [-0.2, 0) is 26.1 Å². The molecule has 0 aliphatic carbocycles. The summed E-state index contributed by atoms with van der Waals surface area (Å²) in [5, 5.41) is 0. The number of rotatable bonds is 15. The molecule has 14 heteroatoms. The van der Waals surface area contributed by atoms with Gasteiger partial charge in [0.05, 0.1) is 0 Å². The lowest BCUT2D eigenvalue weighted by atomic mass is 10.0. The Morgan fingerprint density at radius 1 is 0.344 bits per heavy atom. The Morgan fingerprint density at radius 3 is 1.00 bits per heavy atom. The molecule has 6 rings (SSSR count). The van der Waals surface area contributed by atoms with Crippen molar-refractivity contribution < 1.29 is 62.2 Å². The van der Waals surface area contributed by atoms with Crippen molar-refractivity contribution in [2.24, 2.45) is 0 Å². The molecule has 0 aromatic heterocycles. The van der Waals surface area contributed by atoms with Gasteiger partial charge in [-0.2, -0.15) is 0 Å². The molecule has 0 spiro atoms. The summed E-state index contributed by atoms with van der Waals surface area (Å²) < 4.78 is 176. The predicted octanol–water partition coefficient (Wildman–Crippen LogP) is 14.6. The highest BCUT2D eigenvalue weighted by molar-refractivity contribution is 5.65. The van der Waals surface area contributed by atoms with Crippen molar-refractivity contribution in [2.45, 2.75) is 72.0 Å². The molecule has 61 heavy (non-hydrogen) atoms. The molecule has 0 saturated heterocycles. The minimum atomic E-state index is -1.64. The van der Waals surface area contributed by atoms with Crippen LogP contribution in [0.5, 0.6) is 11.5 Å². The van der Waals surface area contributed by atoms with Crippen LogP contribution in [0.15, 0.2) is 84.9 Å². The average molecular weight is 863 g/mol. The minimum absolute atomic E-state index is 0.157. The molecule has 0 fully saturated rings. The lowest BCUT2D eigenvalue weighted by Crippen LogP contribution is -2.02. The van der Waals surface area contributed by atoms with Gasteiger partial charge in [-0.25, -0.2) is 52.7 Å². The largest absolute Gasteiger partial charge is 0.483 e. The number of unbranched alkanes of at least 4 members (excludes halogenated alkanes) is 3. The number of hydrogen-bond acceptors (Lipinski definition) is 2. The van der Waals surface area contributed by atoms with Crippen LogP contribution in [-0.4, -0.2) is 0 Å². The third kappa shape index (κ3) is 11.9. The van der Waals surface area contributed by atoms with Crippen LogP contribution in [0, 0.1) is 69.8 Å². The van der Waals surface area contributed by atoms with E-state index >= 15 is 0 Å². The standard InChI is InChI=1S/C24H20F6O.C23H18F6O/c1-2-3-4-5-14-8-21(28)24(22(29)9-14)31-13-15-6-7-17(18(25)10-15)16-11-19(26)23(30)20(27)12-16;1-2-3-4-13-7-20(27)23(21(28)8-13)30-12-14-5-6-16(17(24)9-14)15-10-18(25)22(29)19(26)11-15/h6-12H,2-5,13H2,1H3;5-11H,2-4,12H2,1H3. The topological polar surface area (TPSA) is 18.5 Å². The van der Waals surface area contributed by atoms with Crippen LogP contribution in [0.3, 0.4) is 0 Å². The first-order valence-corrected chi connectivity index (χ1v) is 19.2. The fourth-order valence-corrected chi connectivity index (χ4v) is 6.25. The van der Waals surface area contributed by atoms with Crippen molar-refractivity contribution in [2.75, 3.05) is 0 Å². The van der Waals surface area contributed by atoms with Crippen molar-refractivity contribution in [1.82, 2.24) is 0 Å². The SMILES string of the molecule is CCCCCc1cc(F)c(OCc2ccc(-c3cc(F)c(F)c(F)c3)c(F)c2)c(F)c1.CCCCc1cc(F)c(OCc2ccc(-c3cc(F)c(F)c(F)c3)c(F)c2)c(F)c1. The van der Waals surface area contributed by atoms with Gasteiger partial charge in [-0.05, 0) is 120 Å². The summed E-state index contributed by atoms with van der Waals surface area (Å²) in [5.41, 5.74) is 0.861. The highest BCUT2D eigenvalue weighted by atomic mass is 19.2. The number of hydrogen-bond donors (Lipinski definition) is 0. The predicted molar refractivity (Wildman–Crippen MR) is 207 cm³/mol. The highest BCUT2D eigenvalue weighted by Crippen LogP contribution is 2.31. The maximum atomic E-state index is 14.4. The second-order valence-electron chi connectivity index (χ2n) is 14.1. The van der Waals surface area contributed by atoms with Gasteiger partial charge >= 0.3 is 0 Å². The van der Waals surface area contributed by atoms with E-state index in [0.29, 0.717) is 48.2 Å². The fraction of sp³-hybridized carbons (Fsp3) is 0.234. The van der Waals surface area contributed by atoms with Crippen LogP contribution in [0.25, 0.3) is 22.3 Å². The molecule has 0 heterocycles. The molecule has 0 unspecified atom stereocenters. The first kappa shape index (κ1) is 46.2. The average Bonchev–Trinajstić information content (AvgIpc) is 3.20. The Bertz CT molecular complexity index is 2390. The molecule has 0 amide bonds. The number of ether oxygens (including phenoxy) is 2. The van der Waals surface area contributed by atoms with E-state index < -0.39 is 81.3 Å². The summed E-state index contributed by atoms with van der Waals surface area (Å²) >= 11 is 0. The van der Waals surface area contributed by atoms with Crippen LogP contribution in [0.2, 0.25) is 0 Å². The summed E-state index contributed by atoms with van der Waals surface area (Å²) in [7, 11) is 0. The second-order valence-corrected chi connectivity index (χ2v) is 14.1. The van der Waals surface area contributed by atoms with Gasteiger partial charge in [-0.3, -0.25) is 0 Å². The molecule has 0 aliphatic heterocycles. The third-order valence-corrected chi connectivity index (χ3v) is 9.43. The van der Waals surface area contributed by atoms with Gasteiger partial charge in [0.15, 0.2) is 69.7 Å². The van der Waals surface area contributed by atoms with Crippen LogP contribution in [0.4, 0.5) is 52.7 Å². The molecule has 0 saturated carbocycles. The van der Waals surface area contributed by atoms with E-state index in [1.165, 1.54) is 48.5 Å². The van der Waals surface area contributed by atoms with Gasteiger partial charge in [0, 0.05) is 11.1 Å². The maximum Gasteiger partial charge on any atom is 0.194 e. The van der Waals surface area contributed by atoms with Gasteiger partial charge in [-0.1, -0.05) is 57.4 Å². The normalized spacial score (nSPS) is 11.0. The van der Waals surface area contributed by atoms with Gasteiger partial charge in [0.25, 0.3) is 0 Å². The van der Waals surface area contributed by atoms with Crippen molar-refractivity contribution in [3.05, 3.63) is 177 Å². The summed E-state index contributed by atoms with van der Waals surface area (Å²) in [5.74, 6) is -15.3. The molecular formula is C47H38F12O2. The fourth-order valence-electron chi connectivity index (χ4n) is 6.25. The van der Waals surface area contributed by atoms with Gasteiger partial charge in [0.1, 0.15) is 24.8 Å². The van der Waals surface area contributed by atoms with Crippen molar-refractivity contribution in [1.29, 1.82) is 0 Å². The van der Waals surface area contributed by atoms with E-state index in [2.05, 4.69) is 0 Å². The van der Waals surface area contributed by atoms with Gasteiger partial charge < -0.3 is 9.47 Å². The van der Waals surface area contributed by atoms with E-state index in [1.807, 2.05) is 13.8 Å². The van der Waals surface area contributed by atoms with Crippen molar-refractivity contribution >= 4 is 0 Å². The van der Waals surface area contributed by atoms with Crippen molar-refractivity contribution in [3.8, 4) is 33.8 Å². The Labute approximate surface area is 344 Å². The lowest BCUT2D eigenvalue weighted by molar-refractivity contribution is 0.273. The molecule has 0 bridgehead atoms. The zero-order chi connectivity index (χ0) is 44.4. The van der Waals surface area contributed by atoms with Crippen molar-refractivity contribution in [3.63, 3.8) is 0 Å². The zero-order valence-electron chi connectivity index (χ0n) is 32.8. The van der Waals surface area contributed by atoms with E-state index in [4.69, 9.17) is 9.47 Å². The van der Waals surface area contributed by atoms with E-state index in [-0.39, 0.29) is 46.6 Å². The Morgan fingerprint density at radius 2 is 0.672 bits per heavy atom. The van der Waals surface area contributed by atoms with E-state index in [9.17, 15) is 52.7 Å². The maximum absolute atomic E-state index is 14.4. The number of aryl methyl sites for hydroxylation is 2. The monoisotopic (exact) mass is 862 g/mol. The minimum Gasteiger partial charge on any atom is -0.483 e. The number of benzene rings is 6. The lowest BCUT2D eigenvalue weighted by Gasteiger charge is -2.12. The second kappa shape index (κ2) is 21.0. The quantitative estimate of drug-likeness (QED) is 0.0582. The first-order chi connectivity index (χ1) is 29.1. The molecule has 0 N–H and O–H groups in total. The summed E-state index contributed by atoms with van der Waals surface area (Å²) in [6.07, 6.45) is 5.56. The smallest absolute Gasteiger partial charge is 0.194 e. The third-order valence-electron chi connectivity index (χ3n) is 9.43. The Balaban J connectivity index is 0.000000231. The molecule has 0 aliphatic rings. The van der Waals surface area contributed by atoms with E-state index in [0.717, 1.165) is 44.2 Å². The Hall–Kier alpha value is -5.92. The van der Waals surface area contributed by atoms with E-state index in [1.54, 1.807) is 0 Å². The molecule has 0 radical (unpaired) electrons. The molecular weight excluding hydrogens is 824 g/mol. The molecule has 6 aromatic rings. The Kier molecular flexibility index (Phi) is 15.9. The first-order valence-electron chi connectivity index (χ1n) is 19.2. The molecule has 2 nitrogen and oxygen atoms in total. The summed E-state index contributed by atoms with van der Waals surface area (Å²) in [6.45, 7) is 3.35. The summed E-state index contributed by atoms with van der Waals surface area (Å²) in [4.78, 5) is 0. The molecule has 0 atom stereocenters.